The second kappa shape index (κ2) is 12.8. The van der Waals surface area contributed by atoms with Gasteiger partial charge in [0.05, 0.1) is 24.9 Å². The summed E-state index contributed by atoms with van der Waals surface area (Å²) < 4.78 is 36.4. The minimum atomic E-state index is -0.538. The van der Waals surface area contributed by atoms with Gasteiger partial charge in [-0.25, -0.2) is 4.39 Å². The third-order valence-electron chi connectivity index (χ3n) is 5.19. The van der Waals surface area contributed by atoms with Crippen molar-refractivity contribution in [3.63, 3.8) is 0 Å². The minimum absolute atomic E-state index is 0.0227. The zero-order valence-corrected chi connectivity index (χ0v) is 22.1. The zero-order chi connectivity index (χ0) is 26.1. The van der Waals surface area contributed by atoms with Crippen LogP contribution in [0.3, 0.4) is 0 Å². The van der Waals surface area contributed by atoms with Gasteiger partial charge in [-0.2, -0.15) is 5.26 Å². The van der Waals surface area contributed by atoms with Gasteiger partial charge in [-0.3, -0.25) is 4.79 Å². The van der Waals surface area contributed by atoms with Gasteiger partial charge < -0.3 is 24.3 Å². The van der Waals surface area contributed by atoms with E-state index < -0.39 is 5.91 Å². The molecule has 0 aliphatic heterocycles. The predicted molar refractivity (Wildman–Crippen MR) is 141 cm³/mol. The lowest BCUT2D eigenvalue weighted by Gasteiger charge is -2.14. The van der Waals surface area contributed by atoms with Crippen molar-refractivity contribution >= 4 is 34.6 Å². The van der Waals surface area contributed by atoms with Crippen LogP contribution in [-0.4, -0.2) is 27.2 Å². The number of rotatable bonds is 10. The molecule has 7 nitrogen and oxygen atoms in total. The number of hydrogen-bond acceptors (Lipinski definition) is 6. The lowest BCUT2D eigenvalue weighted by molar-refractivity contribution is -0.117. The molecule has 0 unspecified atom stereocenters. The molecule has 1 N–H and O–H groups in total. The van der Waals surface area contributed by atoms with E-state index in [2.05, 4.69) is 27.9 Å². The molecule has 186 valence electrons. The Bertz CT molecular complexity index is 1320. The van der Waals surface area contributed by atoms with Crippen LogP contribution in [0.5, 0.6) is 23.0 Å². The molecule has 0 aliphatic carbocycles. The van der Waals surface area contributed by atoms with Crippen molar-refractivity contribution in [3.05, 3.63) is 86.2 Å². The van der Waals surface area contributed by atoms with E-state index in [0.29, 0.717) is 37.7 Å². The van der Waals surface area contributed by atoms with Crippen molar-refractivity contribution in [1.82, 2.24) is 5.32 Å². The lowest BCUT2D eigenvalue weighted by Crippen LogP contribution is -2.24. The summed E-state index contributed by atoms with van der Waals surface area (Å²) in [5.41, 5.74) is 1.64. The van der Waals surface area contributed by atoms with Gasteiger partial charge in [0.2, 0.25) is 0 Å². The maximum Gasteiger partial charge on any atom is 0.262 e. The topological polar surface area (TPSA) is 89.8 Å². The number of nitrogens with one attached hydrogen (secondary N) is 1. The normalized spacial score (nSPS) is 10.8. The number of amides is 1. The van der Waals surface area contributed by atoms with Crippen LogP contribution in [0.25, 0.3) is 6.08 Å². The number of carbonyl (C=O) groups excluding carboxylic acids is 1. The fraction of sp³-hybridized carbons (Fsp3) is 0.185. The van der Waals surface area contributed by atoms with E-state index in [9.17, 15) is 14.4 Å². The fourth-order valence-corrected chi connectivity index (χ4v) is 4.09. The Hall–Kier alpha value is -3.78. The van der Waals surface area contributed by atoms with E-state index in [0.717, 1.165) is 5.56 Å². The summed E-state index contributed by atoms with van der Waals surface area (Å²) in [4.78, 5) is 12.7. The third-order valence-corrected chi connectivity index (χ3v) is 5.99. The molecule has 0 aromatic heterocycles. The first kappa shape index (κ1) is 26.8. The van der Waals surface area contributed by atoms with Gasteiger partial charge in [-0.05, 0) is 64.6 Å². The summed E-state index contributed by atoms with van der Waals surface area (Å²) in [7, 11) is 4.56. The van der Waals surface area contributed by atoms with Gasteiger partial charge in [-0.15, -0.1) is 0 Å². The maximum atomic E-state index is 13.9. The third kappa shape index (κ3) is 6.66. The van der Waals surface area contributed by atoms with Crippen molar-refractivity contribution in [2.45, 2.75) is 13.2 Å². The Morgan fingerprint density at radius 2 is 1.78 bits per heavy atom. The average Bonchev–Trinajstić information content (AvgIpc) is 2.90. The first-order valence-corrected chi connectivity index (χ1v) is 11.8. The highest BCUT2D eigenvalue weighted by molar-refractivity contribution is 14.1. The van der Waals surface area contributed by atoms with Crippen molar-refractivity contribution in [2.24, 2.45) is 0 Å². The molecule has 0 radical (unpaired) electrons. The molecule has 3 rings (SSSR count). The van der Waals surface area contributed by atoms with Crippen LogP contribution in [0.15, 0.2) is 60.2 Å². The SMILES string of the molecule is COc1ccc(CNC(=O)/C(C#N)=C/c2cc(I)c(OCc3ccccc3F)c(OC)c2)c(OC)c1. The molecule has 1 amide bonds. The van der Waals surface area contributed by atoms with Gasteiger partial charge in [0, 0.05) is 23.7 Å². The Kier molecular flexibility index (Phi) is 9.53. The molecule has 0 bridgehead atoms. The quantitative estimate of drug-likeness (QED) is 0.194. The van der Waals surface area contributed by atoms with E-state index in [1.54, 1.807) is 55.6 Å². The summed E-state index contributed by atoms with van der Waals surface area (Å²) in [5, 5.41) is 12.3. The van der Waals surface area contributed by atoms with Crippen molar-refractivity contribution in [3.8, 4) is 29.1 Å². The number of hydrogen-bond donors (Lipinski definition) is 1. The minimum Gasteiger partial charge on any atom is -0.497 e. The highest BCUT2D eigenvalue weighted by atomic mass is 127. The number of ether oxygens (including phenoxy) is 4. The Morgan fingerprint density at radius 1 is 1.03 bits per heavy atom. The fourth-order valence-electron chi connectivity index (χ4n) is 3.31. The van der Waals surface area contributed by atoms with E-state index in [1.165, 1.54) is 26.4 Å². The number of nitriles is 1. The van der Waals surface area contributed by atoms with E-state index >= 15 is 0 Å². The van der Waals surface area contributed by atoms with Crippen LogP contribution >= 0.6 is 22.6 Å². The Morgan fingerprint density at radius 3 is 2.44 bits per heavy atom. The van der Waals surface area contributed by atoms with Crippen LogP contribution in [0, 0.1) is 20.7 Å². The molecule has 0 spiro atoms. The first-order chi connectivity index (χ1) is 17.4. The number of methoxy groups -OCH3 is 3. The van der Waals surface area contributed by atoms with Gasteiger partial charge >= 0.3 is 0 Å². The van der Waals surface area contributed by atoms with Gasteiger partial charge in [-0.1, -0.05) is 18.2 Å². The lowest BCUT2D eigenvalue weighted by atomic mass is 10.1. The molecule has 3 aromatic carbocycles. The van der Waals surface area contributed by atoms with Gasteiger partial charge in [0.15, 0.2) is 11.5 Å². The van der Waals surface area contributed by atoms with Gasteiger partial charge in [0.1, 0.15) is 35.6 Å². The molecular formula is C27H24FIN2O5. The first-order valence-electron chi connectivity index (χ1n) is 10.7. The highest BCUT2D eigenvalue weighted by Crippen LogP contribution is 2.35. The predicted octanol–water partition coefficient (Wildman–Crippen LogP) is 5.26. The highest BCUT2D eigenvalue weighted by Gasteiger charge is 2.15. The number of halogens is 2. The number of nitrogens with zero attached hydrogens (tertiary/aromatic N) is 1. The van der Waals surface area contributed by atoms with E-state index in [-0.39, 0.29) is 24.5 Å². The Balaban J connectivity index is 1.77. The molecular weight excluding hydrogens is 578 g/mol. The van der Waals surface area contributed by atoms with Gasteiger partial charge in [0.25, 0.3) is 5.91 Å². The summed E-state index contributed by atoms with van der Waals surface area (Å²) in [5.74, 6) is 1.12. The average molecular weight is 602 g/mol. The second-order valence-corrected chi connectivity index (χ2v) is 8.61. The smallest absolute Gasteiger partial charge is 0.262 e. The molecule has 0 fully saturated rings. The monoisotopic (exact) mass is 602 g/mol. The number of benzene rings is 3. The summed E-state index contributed by atoms with van der Waals surface area (Å²) in [6.07, 6.45) is 1.46. The van der Waals surface area contributed by atoms with Crippen LogP contribution in [-0.2, 0) is 17.9 Å². The molecule has 0 heterocycles. The molecule has 0 saturated carbocycles. The molecule has 0 saturated heterocycles. The number of carbonyl (C=O) groups is 1. The van der Waals surface area contributed by atoms with Crippen molar-refractivity contribution in [1.29, 1.82) is 5.26 Å². The van der Waals surface area contributed by atoms with E-state index in [1.807, 2.05) is 6.07 Å². The summed E-state index contributed by atoms with van der Waals surface area (Å²) in [6.45, 7) is 0.184. The standard InChI is InChI=1S/C27H24FIN2O5/c1-33-21-9-8-18(24(13-21)34-2)15-31-27(32)20(14-30)10-17-11-23(29)26(25(12-17)35-3)36-16-19-6-4-5-7-22(19)28/h4-13H,15-16H2,1-3H3,(H,31,32)/b20-10+. The Labute approximate surface area is 222 Å². The molecule has 9 heteroatoms. The summed E-state index contributed by atoms with van der Waals surface area (Å²) >= 11 is 2.06. The largest absolute Gasteiger partial charge is 0.497 e. The van der Waals surface area contributed by atoms with Crippen LogP contribution in [0.1, 0.15) is 16.7 Å². The van der Waals surface area contributed by atoms with Crippen LogP contribution in [0.2, 0.25) is 0 Å². The van der Waals surface area contributed by atoms with Crippen molar-refractivity contribution < 1.29 is 28.1 Å². The molecule has 0 aliphatic rings. The molecule has 0 atom stereocenters. The maximum absolute atomic E-state index is 13.9. The molecule has 36 heavy (non-hydrogen) atoms. The van der Waals surface area contributed by atoms with Crippen LogP contribution < -0.4 is 24.3 Å². The van der Waals surface area contributed by atoms with E-state index in [4.69, 9.17) is 18.9 Å². The van der Waals surface area contributed by atoms with Crippen LogP contribution in [0.4, 0.5) is 4.39 Å². The molecule has 3 aromatic rings. The van der Waals surface area contributed by atoms with Crippen molar-refractivity contribution in [2.75, 3.05) is 21.3 Å². The zero-order valence-electron chi connectivity index (χ0n) is 19.9. The summed E-state index contributed by atoms with van der Waals surface area (Å²) in [6, 6.07) is 16.9. The second-order valence-electron chi connectivity index (χ2n) is 7.44.